The first kappa shape index (κ1) is 14.3. The summed E-state index contributed by atoms with van der Waals surface area (Å²) in [6.07, 6.45) is 12.2. The molecule has 5 nitrogen and oxygen atoms in total. The molecule has 1 saturated carbocycles. The fourth-order valence-corrected chi connectivity index (χ4v) is 3.42. The Hall–Kier alpha value is -1.65. The fraction of sp³-hybridized carbons (Fsp3) is 0.688. The molecule has 5 heteroatoms. The summed E-state index contributed by atoms with van der Waals surface area (Å²) in [5, 5.41) is 7.37. The molecule has 0 radical (unpaired) electrons. The maximum absolute atomic E-state index is 12.6. The molecule has 0 aliphatic heterocycles. The average molecular weight is 289 g/mol. The van der Waals surface area contributed by atoms with Crippen LogP contribution in [-0.2, 0) is 10.3 Å². The topological polar surface area (TPSA) is 68.0 Å². The Labute approximate surface area is 125 Å². The van der Waals surface area contributed by atoms with Crippen LogP contribution in [0, 0.1) is 12.8 Å². The van der Waals surface area contributed by atoms with Crippen molar-refractivity contribution >= 4 is 5.91 Å². The number of nitrogens with one attached hydrogen (secondary N) is 1. The van der Waals surface area contributed by atoms with Crippen LogP contribution in [0.2, 0.25) is 0 Å². The Kier molecular flexibility index (Phi) is 4.08. The molecule has 1 aromatic heterocycles. The second-order valence-corrected chi connectivity index (χ2v) is 6.25. The summed E-state index contributed by atoms with van der Waals surface area (Å²) in [5.41, 5.74) is -0.422. The van der Waals surface area contributed by atoms with Gasteiger partial charge >= 0.3 is 0 Å². The van der Waals surface area contributed by atoms with Crippen molar-refractivity contribution < 1.29 is 9.32 Å². The second-order valence-electron chi connectivity index (χ2n) is 6.25. The van der Waals surface area contributed by atoms with E-state index in [2.05, 4.69) is 27.6 Å². The Morgan fingerprint density at radius 2 is 2.14 bits per heavy atom. The van der Waals surface area contributed by atoms with Crippen molar-refractivity contribution in [2.45, 2.75) is 63.8 Å². The van der Waals surface area contributed by atoms with E-state index in [9.17, 15) is 4.79 Å². The van der Waals surface area contributed by atoms with Crippen LogP contribution in [0.5, 0.6) is 0 Å². The first-order valence-electron chi connectivity index (χ1n) is 7.97. The molecule has 1 aromatic rings. The van der Waals surface area contributed by atoms with Gasteiger partial charge in [0.15, 0.2) is 5.82 Å². The Balaban J connectivity index is 1.79. The Bertz CT molecular complexity index is 529. The van der Waals surface area contributed by atoms with Gasteiger partial charge in [-0.05, 0) is 32.1 Å². The molecule has 1 amide bonds. The van der Waals surface area contributed by atoms with Crippen molar-refractivity contribution in [1.29, 1.82) is 0 Å². The number of hydrogen-bond acceptors (Lipinski definition) is 4. The minimum Gasteiger partial charge on any atom is -0.343 e. The van der Waals surface area contributed by atoms with Gasteiger partial charge in [0, 0.05) is 12.8 Å². The number of rotatable bonds is 3. The lowest BCUT2D eigenvalue weighted by molar-refractivity contribution is -0.128. The molecular weight excluding hydrogens is 266 g/mol. The summed E-state index contributed by atoms with van der Waals surface area (Å²) in [6.45, 7) is 1.79. The van der Waals surface area contributed by atoms with Crippen molar-refractivity contribution in [2.75, 3.05) is 0 Å². The molecular formula is C16H23N3O2. The van der Waals surface area contributed by atoms with Crippen molar-refractivity contribution in [3.05, 3.63) is 23.9 Å². The lowest BCUT2D eigenvalue weighted by atomic mass is 9.80. The van der Waals surface area contributed by atoms with E-state index in [4.69, 9.17) is 4.52 Å². The predicted octanol–water partition coefficient (Wildman–Crippen LogP) is 3.01. The summed E-state index contributed by atoms with van der Waals surface area (Å²) >= 11 is 0. The fourth-order valence-electron chi connectivity index (χ4n) is 3.42. The summed E-state index contributed by atoms with van der Waals surface area (Å²) in [5.74, 6) is 1.44. The summed E-state index contributed by atoms with van der Waals surface area (Å²) in [6, 6.07) is 0. The zero-order chi connectivity index (χ0) is 14.7. The molecule has 1 atom stereocenters. The van der Waals surface area contributed by atoms with Gasteiger partial charge in [-0.15, -0.1) is 0 Å². The van der Waals surface area contributed by atoms with Crippen LogP contribution >= 0.6 is 0 Å². The summed E-state index contributed by atoms with van der Waals surface area (Å²) in [7, 11) is 0. The van der Waals surface area contributed by atoms with Crippen LogP contribution in [0.1, 0.15) is 63.1 Å². The zero-order valence-electron chi connectivity index (χ0n) is 12.6. The van der Waals surface area contributed by atoms with Gasteiger partial charge in [0.1, 0.15) is 5.54 Å². The van der Waals surface area contributed by atoms with E-state index in [1.165, 1.54) is 6.42 Å². The molecule has 2 aliphatic carbocycles. The molecule has 1 heterocycles. The molecule has 0 bridgehead atoms. The minimum absolute atomic E-state index is 0.0850. The first-order valence-corrected chi connectivity index (χ1v) is 7.97. The standard InChI is InChI=1S/C16H23N3O2/c1-12-17-15(19-21-12)16(10-6-3-7-11-16)18-14(20)13-8-4-2-5-9-13/h2,4,13H,3,5-11H2,1H3,(H,18,20). The Morgan fingerprint density at radius 3 is 2.76 bits per heavy atom. The number of nitrogens with zero attached hydrogens (tertiary/aromatic N) is 2. The molecule has 3 rings (SSSR count). The second kappa shape index (κ2) is 6.00. The third kappa shape index (κ3) is 3.01. The van der Waals surface area contributed by atoms with Crippen LogP contribution < -0.4 is 5.32 Å². The van der Waals surface area contributed by atoms with Gasteiger partial charge in [-0.25, -0.2) is 0 Å². The summed E-state index contributed by atoms with van der Waals surface area (Å²) in [4.78, 5) is 17.0. The number of amides is 1. The SMILES string of the molecule is Cc1nc(C2(NC(=O)C3CC=CCC3)CCCCC2)no1. The van der Waals surface area contributed by atoms with E-state index in [1.807, 2.05) is 0 Å². The van der Waals surface area contributed by atoms with Gasteiger partial charge in [-0.2, -0.15) is 4.98 Å². The largest absolute Gasteiger partial charge is 0.343 e. The monoisotopic (exact) mass is 289 g/mol. The maximum Gasteiger partial charge on any atom is 0.224 e. The van der Waals surface area contributed by atoms with E-state index in [1.54, 1.807) is 6.92 Å². The highest BCUT2D eigenvalue weighted by molar-refractivity contribution is 5.79. The minimum atomic E-state index is -0.422. The zero-order valence-corrected chi connectivity index (χ0v) is 12.6. The van der Waals surface area contributed by atoms with Crippen molar-refractivity contribution in [2.24, 2.45) is 5.92 Å². The van der Waals surface area contributed by atoms with E-state index in [-0.39, 0.29) is 11.8 Å². The van der Waals surface area contributed by atoms with Crippen LogP contribution in [0.25, 0.3) is 0 Å². The van der Waals surface area contributed by atoms with E-state index in [0.717, 1.165) is 44.9 Å². The van der Waals surface area contributed by atoms with Crippen LogP contribution in [0.15, 0.2) is 16.7 Å². The van der Waals surface area contributed by atoms with Gasteiger partial charge in [0.05, 0.1) is 0 Å². The molecule has 0 saturated heterocycles. The van der Waals surface area contributed by atoms with Gasteiger partial charge in [0.2, 0.25) is 11.8 Å². The maximum atomic E-state index is 12.6. The molecule has 1 fully saturated rings. The van der Waals surface area contributed by atoms with Crippen molar-refractivity contribution in [1.82, 2.24) is 15.5 Å². The van der Waals surface area contributed by atoms with Gasteiger partial charge in [0.25, 0.3) is 0 Å². The molecule has 2 aliphatic rings. The first-order chi connectivity index (χ1) is 10.2. The van der Waals surface area contributed by atoms with Gasteiger partial charge in [-0.3, -0.25) is 4.79 Å². The van der Waals surface area contributed by atoms with Crippen LogP contribution in [0.3, 0.4) is 0 Å². The molecule has 1 unspecified atom stereocenters. The van der Waals surface area contributed by atoms with E-state index >= 15 is 0 Å². The van der Waals surface area contributed by atoms with E-state index < -0.39 is 5.54 Å². The smallest absolute Gasteiger partial charge is 0.224 e. The lowest BCUT2D eigenvalue weighted by Crippen LogP contribution is -2.50. The number of allylic oxidation sites excluding steroid dienone is 2. The van der Waals surface area contributed by atoms with Crippen LogP contribution in [-0.4, -0.2) is 16.0 Å². The Morgan fingerprint density at radius 1 is 1.33 bits per heavy atom. The normalized spacial score (nSPS) is 24.7. The van der Waals surface area contributed by atoms with Crippen LogP contribution in [0.4, 0.5) is 0 Å². The molecule has 0 spiro atoms. The predicted molar refractivity (Wildman–Crippen MR) is 78.4 cm³/mol. The number of carbonyl (C=O) groups excluding carboxylic acids is 1. The highest BCUT2D eigenvalue weighted by Gasteiger charge is 2.40. The molecule has 114 valence electrons. The molecule has 21 heavy (non-hydrogen) atoms. The molecule has 1 N–H and O–H groups in total. The third-order valence-electron chi connectivity index (χ3n) is 4.67. The quantitative estimate of drug-likeness (QED) is 0.868. The number of hydrogen-bond donors (Lipinski definition) is 1. The summed E-state index contributed by atoms with van der Waals surface area (Å²) < 4.78 is 5.15. The van der Waals surface area contributed by atoms with Gasteiger partial charge in [-0.1, -0.05) is 36.6 Å². The number of aryl methyl sites for hydroxylation is 1. The number of carbonyl (C=O) groups is 1. The molecule has 0 aromatic carbocycles. The van der Waals surface area contributed by atoms with Crippen molar-refractivity contribution in [3.63, 3.8) is 0 Å². The highest BCUT2D eigenvalue weighted by Crippen LogP contribution is 2.36. The number of aromatic nitrogens is 2. The third-order valence-corrected chi connectivity index (χ3v) is 4.67. The van der Waals surface area contributed by atoms with Gasteiger partial charge < -0.3 is 9.84 Å². The van der Waals surface area contributed by atoms with E-state index in [0.29, 0.717) is 11.7 Å². The lowest BCUT2D eigenvalue weighted by Gasteiger charge is -2.36. The highest BCUT2D eigenvalue weighted by atomic mass is 16.5. The average Bonchev–Trinajstić information content (AvgIpc) is 2.96. The van der Waals surface area contributed by atoms with Crippen molar-refractivity contribution in [3.8, 4) is 0 Å².